The molecule has 21 heavy (non-hydrogen) atoms. The summed E-state index contributed by atoms with van der Waals surface area (Å²) in [4.78, 5) is 16.0. The Bertz CT molecular complexity index is 629. The van der Waals surface area contributed by atoms with E-state index in [1.54, 1.807) is 13.0 Å². The third kappa shape index (κ3) is 3.70. The zero-order valence-corrected chi connectivity index (χ0v) is 11.8. The van der Waals surface area contributed by atoms with Crippen molar-refractivity contribution in [3.05, 3.63) is 47.5 Å². The summed E-state index contributed by atoms with van der Waals surface area (Å²) in [6, 6.07) is 11.1. The smallest absolute Gasteiger partial charge is 0.252 e. The highest BCUT2D eigenvalue weighted by atomic mass is 16.3. The molecule has 2 rings (SSSR count). The van der Waals surface area contributed by atoms with E-state index in [9.17, 15) is 4.79 Å². The molecule has 0 saturated carbocycles. The predicted octanol–water partition coefficient (Wildman–Crippen LogP) is 1.64. The minimum absolute atomic E-state index is 0.000252. The number of aromatic nitrogens is 1. The number of benzene rings is 1. The SMILES string of the molecule is Cc1cc(NCCO)nc(Nc2ccccc2)c1C(N)=O. The first-order chi connectivity index (χ1) is 10.1. The molecule has 110 valence electrons. The van der Waals surface area contributed by atoms with Crippen molar-refractivity contribution in [3.63, 3.8) is 0 Å². The number of anilines is 3. The summed E-state index contributed by atoms with van der Waals surface area (Å²) < 4.78 is 0. The molecule has 6 nitrogen and oxygen atoms in total. The fourth-order valence-corrected chi connectivity index (χ4v) is 2.01. The summed E-state index contributed by atoms with van der Waals surface area (Å²) in [7, 11) is 0. The lowest BCUT2D eigenvalue weighted by molar-refractivity contribution is 0.100. The van der Waals surface area contributed by atoms with Crippen LogP contribution in [-0.4, -0.2) is 29.1 Å². The first kappa shape index (κ1) is 14.8. The summed E-state index contributed by atoms with van der Waals surface area (Å²) in [6.45, 7) is 2.18. The second kappa shape index (κ2) is 6.71. The highest BCUT2D eigenvalue weighted by Gasteiger charge is 2.15. The van der Waals surface area contributed by atoms with E-state index in [0.717, 1.165) is 11.3 Å². The van der Waals surface area contributed by atoms with Crippen molar-refractivity contribution >= 4 is 23.2 Å². The van der Waals surface area contributed by atoms with Crippen LogP contribution >= 0.6 is 0 Å². The highest BCUT2D eigenvalue weighted by molar-refractivity contribution is 6.00. The van der Waals surface area contributed by atoms with Crippen LogP contribution in [0.2, 0.25) is 0 Å². The fraction of sp³-hybridized carbons (Fsp3) is 0.200. The summed E-state index contributed by atoms with van der Waals surface area (Å²) in [5, 5.41) is 14.9. The summed E-state index contributed by atoms with van der Waals surface area (Å²) >= 11 is 0. The molecule has 0 saturated heterocycles. The van der Waals surface area contributed by atoms with E-state index < -0.39 is 5.91 Å². The Morgan fingerprint density at radius 1 is 1.33 bits per heavy atom. The molecule has 0 aliphatic rings. The van der Waals surface area contributed by atoms with Crippen LogP contribution in [0.5, 0.6) is 0 Å². The van der Waals surface area contributed by atoms with Gasteiger partial charge in [-0.25, -0.2) is 4.98 Å². The number of carbonyl (C=O) groups excluding carboxylic acids is 1. The molecule has 0 fully saturated rings. The average molecular weight is 286 g/mol. The number of amides is 1. The van der Waals surface area contributed by atoms with Gasteiger partial charge in [-0.1, -0.05) is 18.2 Å². The van der Waals surface area contributed by atoms with Crippen LogP contribution in [0, 0.1) is 6.92 Å². The average Bonchev–Trinajstić information content (AvgIpc) is 2.45. The topological polar surface area (TPSA) is 100 Å². The number of nitrogens with one attached hydrogen (secondary N) is 2. The first-order valence-electron chi connectivity index (χ1n) is 6.60. The largest absolute Gasteiger partial charge is 0.395 e. The summed E-state index contributed by atoms with van der Waals surface area (Å²) in [5.41, 5.74) is 7.33. The number of hydrogen-bond donors (Lipinski definition) is 4. The molecule has 1 aromatic heterocycles. The van der Waals surface area contributed by atoms with Gasteiger partial charge < -0.3 is 21.5 Å². The number of aryl methyl sites for hydroxylation is 1. The van der Waals surface area contributed by atoms with Crippen LogP contribution in [-0.2, 0) is 0 Å². The van der Waals surface area contributed by atoms with Gasteiger partial charge in [-0.3, -0.25) is 4.79 Å². The normalized spacial score (nSPS) is 10.2. The van der Waals surface area contributed by atoms with Gasteiger partial charge in [0.2, 0.25) is 0 Å². The number of nitrogens with two attached hydrogens (primary N) is 1. The molecule has 0 bridgehead atoms. The Kier molecular flexibility index (Phi) is 4.73. The lowest BCUT2D eigenvalue weighted by Crippen LogP contribution is -2.17. The maximum Gasteiger partial charge on any atom is 0.252 e. The molecule has 0 unspecified atom stereocenters. The van der Waals surface area contributed by atoms with Crippen LogP contribution in [0.4, 0.5) is 17.3 Å². The van der Waals surface area contributed by atoms with Crippen molar-refractivity contribution in [2.45, 2.75) is 6.92 Å². The molecular weight excluding hydrogens is 268 g/mol. The Hall–Kier alpha value is -2.60. The lowest BCUT2D eigenvalue weighted by atomic mass is 10.1. The maximum atomic E-state index is 11.6. The number of para-hydroxylation sites is 1. The van der Waals surface area contributed by atoms with Gasteiger partial charge in [0.1, 0.15) is 11.6 Å². The zero-order valence-electron chi connectivity index (χ0n) is 11.8. The van der Waals surface area contributed by atoms with Crippen molar-refractivity contribution in [3.8, 4) is 0 Å². The summed E-state index contributed by atoms with van der Waals surface area (Å²) in [6.07, 6.45) is 0. The Labute approximate surface area is 123 Å². The van der Waals surface area contributed by atoms with Crippen molar-refractivity contribution in [2.24, 2.45) is 5.73 Å². The number of aliphatic hydroxyl groups excluding tert-OH is 1. The third-order valence-electron chi connectivity index (χ3n) is 2.92. The van der Waals surface area contributed by atoms with E-state index >= 15 is 0 Å². The molecule has 0 atom stereocenters. The zero-order chi connectivity index (χ0) is 15.2. The van der Waals surface area contributed by atoms with E-state index in [1.807, 2.05) is 30.3 Å². The number of carbonyl (C=O) groups is 1. The predicted molar refractivity (Wildman–Crippen MR) is 82.8 cm³/mol. The second-order valence-electron chi connectivity index (χ2n) is 4.55. The molecule has 0 radical (unpaired) electrons. The number of nitrogens with zero attached hydrogens (tertiary/aromatic N) is 1. The maximum absolute atomic E-state index is 11.6. The fourth-order valence-electron chi connectivity index (χ4n) is 2.01. The Morgan fingerprint density at radius 2 is 2.05 bits per heavy atom. The van der Waals surface area contributed by atoms with E-state index in [0.29, 0.717) is 23.7 Å². The van der Waals surface area contributed by atoms with Gasteiger partial charge in [-0.2, -0.15) is 0 Å². The number of hydrogen-bond acceptors (Lipinski definition) is 5. The van der Waals surface area contributed by atoms with Crippen molar-refractivity contribution in [1.29, 1.82) is 0 Å². The number of primary amides is 1. The Morgan fingerprint density at radius 3 is 2.67 bits per heavy atom. The second-order valence-corrected chi connectivity index (χ2v) is 4.55. The van der Waals surface area contributed by atoms with Gasteiger partial charge in [0.05, 0.1) is 12.2 Å². The standard InChI is InChI=1S/C15H18N4O2/c1-10-9-12(17-7-8-20)19-15(13(10)14(16)21)18-11-5-3-2-4-6-11/h2-6,9,20H,7-8H2,1H3,(H2,16,21)(H2,17,18,19). The van der Waals surface area contributed by atoms with E-state index in [-0.39, 0.29) is 6.61 Å². The highest BCUT2D eigenvalue weighted by Crippen LogP contribution is 2.24. The van der Waals surface area contributed by atoms with E-state index in [2.05, 4.69) is 15.6 Å². The number of pyridine rings is 1. The molecule has 2 aromatic rings. The van der Waals surface area contributed by atoms with Crippen LogP contribution in [0.15, 0.2) is 36.4 Å². The Balaban J connectivity index is 2.39. The minimum atomic E-state index is -0.535. The molecule has 0 spiro atoms. The van der Waals surface area contributed by atoms with Gasteiger partial charge in [-0.05, 0) is 30.7 Å². The van der Waals surface area contributed by atoms with Crippen molar-refractivity contribution in [2.75, 3.05) is 23.8 Å². The van der Waals surface area contributed by atoms with Gasteiger partial charge in [0.25, 0.3) is 5.91 Å². The lowest BCUT2D eigenvalue weighted by Gasteiger charge is -2.14. The molecule has 5 N–H and O–H groups in total. The van der Waals surface area contributed by atoms with Crippen LogP contribution in [0.25, 0.3) is 0 Å². The van der Waals surface area contributed by atoms with Gasteiger partial charge in [0.15, 0.2) is 0 Å². The monoisotopic (exact) mass is 286 g/mol. The van der Waals surface area contributed by atoms with Crippen LogP contribution in [0.1, 0.15) is 15.9 Å². The first-order valence-corrected chi connectivity index (χ1v) is 6.60. The van der Waals surface area contributed by atoms with Crippen molar-refractivity contribution in [1.82, 2.24) is 4.98 Å². The van der Waals surface area contributed by atoms with E-state index in [4.69, 9.17) is 10.8 Å². The molecule has 1 heterocycles. The molecule has 0 aliphatic heterocycles. The van der Waals surface area contributed by atoms with E-state index in [1.165, 1.54) is 0 Å². The summed E-state index contributed by atoms with van der Waals surface area (Å²) in [5.74, 6) is 0.436. The quantitative estimate of drug-likeness (QED) is 0.647. The molecule has 1 amide bonds. The minimum Gasteiger partial charge on any atom is -0.395 e. The molecule has 0 aliphatic carbocycles. The van der Waals surface area contributed by atoms with Crippen LogP contribution in [0.3, 0.4) is 0 Å². The molecule has 1 aromatic carbocycles. The van der Waals surface area contributed by atoms with Crippen molar-refractivity contribution < 1.29 is 9.90 Å². The molecule has 6 heteroatoms. The number of rotatable bonds is 6. The van der Waals surface area contributed by atoms with Gasteiger partial charge in [-0.15, -0.1) is 0 Å². The van der Waals surface area contributed by atoms with Gasteiger partial charge >= 0.3 is 0 Å². The molecular formula is C15H18N4O2. The van der Waals surface area contributed by atoms with Gasteiger partial charge in [0, 0.05) is 12.2 Å². The van der Waals surface area contributed by atoms with Crippen LogP contribution < -0.4 is 16.4 Å². The number of aliphatic hydroxyl groups is 1. The third-order valence-corrected chi connectivity index (χ3v) is 2.92.